The molecule has 0 aromatic carbocycles. The SMILES string of the molecule is Cc1ccc2c(N)c(C(=O)NCC3CC(O)C3)sc2n1. The van der Waals surface area contributed by atoms with Gasteiger partial charge in [-0.1, -0.05) is 0 Å². The van der Waals surface area contributed by atoms with Crippen LogP contribution in [0.2, 0.25) is 0 Å². The highest BCUT2D eigenvalue weighted by Gasteiger charge is 2.27. The highest BCUT2D eigenvalue weighted by molar-refractivity contribution is 7.21. The molecule has 1 aliphatic carbocycles. The summed E-state index contributed by atoms with van der Waals surface area (Å²) < 4.78 is 0. The van der Waals surface area contributed by atoms with Gasteiger partial charge in [-0.05, 0) is 37.8 Å². The van der Waals surface area contributed by atoms with Crippen LogP contribution in [0.5, 0.6) is 0 Å². The van der Waals surface area contributed by atoms with E-state index in [0.29, 0.717) is 23.0 Å². The number of aliphatic hydroxyl groups is 1. The molecule has 6 heteroatoms. The van der Waals surface area contributed by atoms with Gasteiger partial charge in [0.05, 0.1) is 11.8 Å². The maximum absolute atomic E-state index is 12.2. The van der Waals surface area contributed by atoms with E-state index in [1.54, 1.807) is 0 Å². The quantitative estimate of drug-likeness (QED) is 0.803. The Morgan fingerprint density at radius 2 is 2.30 bits per heavy atom. The molecule has 0 spiro atoms. The van der Waals surface area contributed by atoms with E-state index in [2.05, 4.69) is 10.3 Å². The van der Waals surface area contributed by atoms with Gasteiger partial charge >= 0.3 is 0 Å². The van der Waals surface area contributed by atoms with Crippen molar-refractivity contribution in [3.05, 3.63) is 22.7 Å². The van der Waals surface area contributed by atoms with E-state index < -0.39 is 0 Å². The van der Waals surface area contributed by atoms with E-state index in [-0.39, 0.29) is 12.0 Å². The van der Waals surface area contributed by atoms with E-state index in [1.165, 1.54) is 11.3 Å². The first kappa shape index (κ1) is 13.3. The van der Waals surface area contributed by atoms with Crippen LogP contribution >= 0.6 is 11.3 Å². The van der Waals surface area contributed by atoms with Gasteiger partial charge in [0.2, 0.25) is 0 Å². The zero-order valence-corrected chi connectivity index (χ0v) is 12.0. The number of aromatic nitrogens is 1. The number of carbonyl (C=O) groups is 1. The third-order valence-corrected chi connectivity index (χ3v) is 4.82. The van der Waals surface area contributed by atoms with Gasteiger partial charge in [0.1, 0.15) is 9.71 Å². The number of aryl methyl sites for hydroxylation is 1. The van der Waals surface area contributed by atoms with Crippen molar-refractivity contribution in [3.63, 3.8) is 0 Å². The second-order valence-electron chi connectivity index (χ2n) is 5.35. The van der Waals surface area contributed by atoms with E-state index in [1.807, 2.05) is 19.1 Å². The van der Waals surface area contributed by atoms with Crippen LogP contribution in [0.15, 0.2) is 12.1 Å². The molecule has 0 radical (unpaired) electrons. The normalized spacial score (nSPS) is 21.7. The number of thiophene rings is 1. The zero-order valence-electron chi connectivity index (χ0n) is 11.2. The number of carbonyl (C=O) groups excluding carboxylic acids is 1. The Kier molecular flexibility index (Phi) is 3.35. The van der Waals surface area contributed by atoms with Gasteiger partial charge in [-0.15, -0.1) is 11.3 Å². The number of fused-ring (bicyclic) bond motifs is 1. The van der Waals surface area contributed by atoms with Gasteiger partial charge < -0.3 is 16.2 Å². The van der Waals surface area contributed by atoms with Crippen molar-refractivity contribution in [2.45, 2.75) is 25.9 Å². The first-order valence-electron chi connectivity index (χ1n) is 6.66. The molecule has 0 bridgehead atoms. The summed E-state index contributed by atoms with van der Waals surface area (Å²) in [6, 6.07) is 3.80. The Hall–Kier alpha value is -1.66. The van der Waals surface area contributed by atoms with Crippen LogP contribution in [0.25, 0.3) is 10.2 Å². The van der Waals surface area contributed by atoms with Crippen molar-refractivity contribution >= 4 is 33.1 Å². The maximum Gasteiger partial charge on any atom is 0.263 e. The predicted molar refractivity (Wildman–Crippen MR) is 79.8 cm³/mol. The van der Waals surface area contributed by atoms with E-state index in [0.717, 1.165) is 28.8 Å². The number of nitrogens with one attached hydrogen (secondary N) is 1. The van der Waals surface area contributed by atoms with Gasteiger partial charge in [-0.3, -0.25) is 4.79 Å². The molecule has 1 saturated carbocycles. The number of hydrogen-bond acceptors (Lipinski definition) is 5. The highest BCUT2D eigenvalue weighted by Crippen LogP contribution is 2.32. The number of pyridine rings is 1. The second kappa shape index (κ2) is 5.03. The summed E-state index contributed by atoms with van der Waals surface area (Å²) in [5.41, 5.74) is 7.45. The molecule has 106 valence electrons. The molecule has 1 amide bonds. The highest BCUT2D eigenvalue weighted by atomic mass is 32.1. The summed E-state index contributed by atoms with van der Waals surface area (Å²) in [5.74, 6) is 0.231. The van der Waals surface area contributed by atoms with Gasteiger partial charge in [0.15, 0.2) is 0 Å². The summed E-state index contributed by atoms with van der Waals surface area (Å²) in [6.45, 7) is 2.51. The fourth-order valence-electron chi connectivity index (χ4n) is 2.44. The van der Waals surface area contributed by atoms with Gasteiger partial charge in [-0.25, -0.2) is 4.98 Å². The monoisotopic (exact) mass is 291 g/mol. The number of nitrogen functional groups attached to an aromatic ring is 1. The fraction of sp³-hybridized carbons (Fsp3) is 0.429. The molecule has 2 aromatic heterocycles. The maximum atomic E-state index is 12.2. The topological polar surface area (TPSA) is 88.2 Å². The molecular weight excluding hydrogens is 274 g/mol. The van der Waals surface area contributed by atoms with Crippen LogP contribution in [-0.2, 0) is 0 Å². The molecule has 5 nitrogen and oxygen atoms in total. The van der Waals surface area contributed by atoms with Crippen molar-refractivity contribution in [1.29, 1.82) is 0 Å². The molecule has 0 unspecified atom stereocenters. The molecule has 3 rings (SSSR count). The lowest BCUT2D eigenvalue weighted by Gasteiger charge is -2.31. The minimum absolute atomic E-state index is 0.149. The summed E-state index contributed by atoms with van der Waals surface area (Å²) in [4.78, 5) is 17.9. The van der Waals surface area contributed by atoms with Crippen LogP contribution in [0.3, 0.4) is 0 Å². The summed E-state index contributed by atoms with van der Waals surface area (Å²) in [6.07, 6.45) is 1.34. The first-order chi connectivity index (χ1) is 9.54. The van der Waals surface area contributed by atoms with Crippen molar-refractivity contribution in [2.24, 2.45) is 5.92 Å². The molecule has 1 aliphatic rings. The largest absolute Gasteiger partial charge is 0.397 e. The molecule has 0 aliphatic heterocycles. The molecular formula is C14H17N3O2S. The summed E-state index contributed by atoms with van der Waals surface area (Å²) in [5, 5.41) is 13.0. The fourth-order valence-corrected chi connectivity index (χ4v) is 3.50. The zero-order chi connectivity index (χ0) is 14.3. The minimum Gasteiger partial charge on any atom is -0.397 e. The van der Waals surface area contributed by atoms with Crippen LogP contribution in [0, 0.1) is 12.8 Å². The van der Waals surface area contributed by atoms with Crippen LogP contribution < -0.4 is 11.1 Å². The lowest BCUT2D eigenvalue weighted by Crippen LogP contribution is -2.38. The Bertz CT molecular complexity index is 662. The standard InChI is InChI=1S/C14H17N3O2S/c1-7-2-3-10-11(15)12(20-14(10)17-7)13(19)16-6-8-4-9(18)5-8/h2-3,8-9,18H,4-6,15H2,1H3,(H,16,19). The van der Waals surface area contributed by atoms with E-state index in [9.17, 15) is 9.90 Å². The third-order valence-electron chi connectivity index (χ3n) is 3.70. The number of nitrogens with zero attached hydrogens (tertiary/aromatic N) is 1. The average Bonchev–Trinajstić information content (AvgIpc) is 2.70. The number of amides is 1. The van der Waals surface area contributed by atoms with Crippen molar-refractivity contribution in [1.82, 2.24) is 10.3 Å². The van der Waals surface area contributed by atoms with Crippen molar-refractivity contribution in [3.8, 4) is 0 Å². The molecule has 0 atom stereocenters. The summed E-state index contributed by atoms with van der Waals surface area (Å²) >= 11 is 1.33. The second-order valence-corrected chi connectivity index (χ2v) is 6.35. The molecule has 4 N–H and O–H groups in total. The minimum atomic E-state index is -0.196. The average molecular weight is 291 g/mol. The Labute approximate surface area is 120 Å². The number of hydrogen-bond donors (Lipinski definition) is 3. The Morgan fingerprint density at radius 1 is 1.55 bits per heavy atom. The van der Waals surface area contributed by atoms with Crippen molar-refractivity contribution in [2.75, 3.05) is 12.3 Å². The number of rotatable bonds is 3. The van der Waals surface area contributed by atoms with Crippen LogP contribution in [-0.4, -0.2) is 28.6 Å². The van der Waals surface area contributed by atoms with E-state index in [4.69, 9.17) is 5.73 Å². The van der Waals surface area contributed by atoms with Crippen molar-refractivity contribution < 1.29 is 9.90 Å². The molecule has 20 heavy (non-hydrogen) atoms. The molecule has 1 fully saturated rings. The van der Waals surface area contributed by atoms with Gasteiger partial charge in [-0.2, -0.15) is 0 Å². The Morgan fingerprint density at radius 3 is 3.00 bits per heavy atom. The molecule has 2 heterocycles. The molecule has 0 saturated heterocycles. The number of anilines is 1. The van der Waals surface area contributed by atoms with E-state index >= 15 is 0 Å². The Balaban J connectivity index is 1.75. The number of aliphatic hydroxyl groups excluding tert-OH is 1. The van der Waals surface area contributed by atoms with Crippen LogP contribution in [0.1, 0.15) is 28.2 Å². The first-order valence-corrected chi connectivity index (χ1v) is 7.48. The number of nitrogens with two attached hydrogens (primary N) is 1. The van der Waals surface area contributed by atoms with Gasteiger partial charge in [0, 0.05) is 17.6 Å². The predicted octanol–water partition coefficient (Wildman–Crippen LogP) is 1.69. The van der Waals surface area contributed by atoms with Gasteiger partial charge in [0.25, 0.3) is 5.91 Å². The lowest BCUT2D eigenvalue weighted by molar-refractivity contribution is 0.0420. The lowest BCUT2D eigenvalue weighted by atomic mass is 9.82. The smallest absolute Gasteiger partial charge is 0.263 e. The third kappa shape index (κ3) is 2.36. The van der Waals surface area contributed by atoms with Crippen LogP contribution in [0.4, 0.5) is 5.69 Å². The summed E-state index contributed by atoms with van der Waals surface area (Å²) in [7, 11) is 0. The molecule has 2 aromatic rings.